The van der Waals surface area contributed by atoms with Crippen LogP contribution in [0.5, 0.6) is 0 Å². The zero-order chi connectivity index (χ0) is 24.1. The van der Waals surface area contributed by atoms with E-state index in [9.17, 15) is 4.79 Å². The van der Waals surface area contributed by atoms with Crippen LogP contribution in [0.15, 0.2) is 71.9 Å². The molecule has 0 saturated heterocycles. The average molecular weight is 489 g/mol. The third-order valence-corrected chi connectivity index (χ3v) is 8.77. The molecule has 2 N–H and O–H groups in total. The van der Waals surface area contributed by atoms with Gasteiger partial charge >= 0.3 is 0 Å². The first-order valence-electron chi connectivity index (χ1n) is 12.4. The molecule has 2 fully saturated rings. The van der Waals surface area contributed by atoms with Gasteiger partial charge in [0.25, 0.3) is 0 Å². The minimum atomic E-state index is -0.273. The van der Waals surface area contributed by atoms with Crippen molar-refractivity contribution in [3.05, 3.63) is 83.8 Å². The predicted octanol–water partition coefficient (Wildman–Crippen LogP) is 6.40. The van der Waals surface area contributed by atoms with Crippen LogP contribution in [0.2, 0.25) is 0 Å². The molecule has 5 nitrogen and oxygen atoms in total. The van der Waals surface area contributed by atoms with Crippen LogP contribution in [0.1, 0.15) is 48.9 Å². The number of thioether (sulfide) groups is 1. The number of carbonyl (C=O) groups is 1. The summed E-state index contributed by atoms with van der Waals surface area (Å²) in [6, 6.07) is 18.5. The normalized spacial score (nSPS) is 17.2. The minimum Gasteiger partial charge on any atom is -0.340 e. The molecule has 0 atom stereocenters. The van der Waals surface area contributed by atoms with Crippen LogP contribution in [0, 0.1) is 11.8 Å². The first kappa shape index (κ1) is 21.5. The maximum Gasteiger partial charge on any atom is 0.235 e. The number of hydrogen-bond donors (Lipinski definition) is 2. The number of aromatic nitrogens is 2. The fourth-order valence-electron chi connectivity index (χ4n) is 4.94. The molecule has 0 unspecified atom stereocenters. The Bertz CT molecular complexity index is 1580. The third-order valence-electron chi connectivity index (χ3n) is 7.42. The van der Waals surface area contributed by atoms with E-state index in [1.807, 2.05) is 48.3 Å². The number of fused-ring (bicyclic) bond motifs is 3. The molecular weight excluding hydrogens is 464 g/mol. The van der Waals surface area contributed by atoms with Gasteiger partial charge in [0.1, 0.15) is 11.5 Å². The van der Waals surface area contributed by atoms with Crippen molar-refractivity contribution in [1.82, 2.24) is 9.97 Å². The van der Waals surface area contributed by atoms with Gasteiger partial charge in [0.05, 0.1) is 5.41 Å². The number of pyridine rings is 2. The van der Waals surface area contributed by atoms with Gasteiger partial charge < -0.3 is 10.6 Å². The number of amides is 1. The molecule has 36 heavy (non-hydrogen) atoms. The second-order valence-electron chi connectivity index (χ2n) is 9.82. The van der Waals surface area contributed by atoms with E-state index >= 15 is 0 Å². The smallest absolute Gasteiger partial charge is 0.235 e. The van der Waals surface area contributed by atoms with Crippen molar-refractivity contribution in [2.24, 2.45) is 0 Å². The van der Waals surface area contributed by atoms with Gasteiger partial charge in [-0.1, -0.05) is 18.4 Å². The zero-order valence-corrected chi connectivity index (χ0v) is 20.5. The highest BCUT2D eigenvalue weighted by Gasteiger charge is 2.56. The fourth-order valence-corrected chi connectivity index (χ4v) is 6.19. The molecule has 7 rings (SSSR count). The number of hydrogen-bond acceptors (Lipinski definition) is 5. The second kappa shape index (κ2) is 8.39. The SMILES string of the molecule is O=C1Nc2cc(C#Cc3nccc4cnc(Nc5ccc(SC6CCC6)cc5)cc34)ccc2C12CC2. The van der Waals surface area contributed by atoms with Crippen LogP contribution in [0.3, 0.4) is 0 Å². The zero-order valence-electron chi connectivity index (χ0n) is 19.7. The highest BCUT2D eigenvalue weighted by atomic mass is 32.2. The van der Waals surface area contributed by atoms with E-state index in [-0.39, 0.29) is 11.3 Å². The van der Waals surface area contributed by atoms with E-state index in [4.69, 9.17) is 0 Å². The summed E-state index contributed by atoms with van der Waals surface area (Å²) < 4.78 is 0. The van der Waals surface area contributed by atoms with Gasteiger partial charge in [0.2, 0.25) is 5.91 Å². The number of benzene rings is 2. The van der Waals surface area contributed by atoms with Crippen molar-refractivity contribution >= 4 is 45.6 Å². The molecule has 4 aromatic rings. The van der Waals surface area contributed by atoms with E-state index in [0.717, 1.165) is 57.2 Å². The second-order valence-corrected chi connectivity index (χ2v) is 11.2. The molecule has 1 aliphatic heterocycles. The molecule has 0 bridgehead atoms. The van der Waals surface area contributed by atoms with Gasteiger partial charge in [-0.05, 0) is 85.7 Å². The summed E-state index contributed by atoms with van der Waals surface area (Å²) in [4.78, 5) is 22.8. The van der Waals surface area contributed by atoms with Crippen molar-refractivity contribution in [3.63, 3.8) is 0 Å². The summed E-state index contributed by atoms with van der Waals surface area (Å²) in [5, 5.41) is 9.16. The Morgan fingerprint density at radius 2 is 1.86 bits per heavy atom. The molecule has 1 amide bonds. The van der Waals surface area contributed by atoms with Crippen LogP contribution in [-0.2, 0) is 10.2 Å². The van der Waals surface area contributed by atoms with Gasteiger partial charge in [0.15, 0.2) is 0 Å². The van der Waals surface area contributed by atoms with Crippen LogP contribution in [0.4, 0.5) is 17.2 Å². The van der Waals surface area contributed by atoms with E-state index in [2.05, 4.69) is 56.7 Å². The van der Waals surface area contributed by atoms with Crippen LogP contribution < -0.4 is 10.6 Å². The molecule has 176 valence electrons. The lowest BCUT2D eigenvalue weighted by Crippen LogP contribution is -2.18. The molecule has 3 aliphatic rings. The Morgan fingerprint density at radius 3 is 2.64 bits per heavy atom. The highest BCUT2D eigenvalue weighted by molar-refractivity contribution is 8.00. The van der Waals surface area contributed by atoms with Crippen molar-refractivity contribution in [2.75, 3.05) is 10.6 Å². The number of nitrogens with zero attached hydrogens (tertiary/aromatic N) is 2. The lowest BCUT2D eigenvalue weighted by Gasteiger charge is -2.24. The number of anilines is 3. The Balaban J connectivity index is 1.13. The summed E-state index contributed by atoms with van der Waals surface area (Å²) >= 11 is 1.97. The Hall–Kier alpha value is -3.82. The molecule has 2 aliphatic carbocycles. The molecule has 1 spiro atoms. The maximum absolute atomic E-state index is 12.3. The molecule has 2 aromatic heterocycles. The standard InChI is InChI=1S/C30H24N4OS/c35-29-30(13-14-30)25-10-4-19(16-27(25)34-29)5-11-26-24-17-28(32-18-20(24)12-15-31-26)33-21-6-8-23(9-7-21)36-22-2-1-3-22/h4,6-10,12,15-18,22H,1-3,13-14H2,(H,32,33)(H,34,35). The largest absolute Gasteiger partial charge is 0.340 e. The van der Waals surface area contributed by atoms with Crippen LogP contribution in [0.25, 0.3) is 10.8 Å². The van der Waals surface area contributed by atoms with Gasteiger partial charge in [-0.15, -0.1) is 11.8 Å². The Kier molecular flexibility index (Phi) is 5.00. The van der Waals surface area contributed by atoms with Crippen LogP contribution >= 0.6 is 11.8 Å². The van der Waals surface area contributed by atoms with E-state index in [1.165, 1.54) is 24.2 Å². The maximum atomic E-state index is 12.3. The average Bonchev–Trinajstić information content (AvgIpc) is 3.63. The van der Waals surface area contributed by atoms with Gasteiger partial charge in [-0.2, -0.15) is 0 Å². The molecule has 6 heteroatoms. The molecule has 2 saturated carbocycles. The molecule has 2 aromatic carbocycles. The molecule has 0 radical (unpaired) electrons. The summed E-state index contributed by atoms with van der Waals surface area (Å²) in [5.74, 6) is 7.36. The summed E-state index contributed by atoms with van der Waals surface area (Å²) in [6.45, 7) is 0. The molecule has 3 heterocycles. The van der Waals surface area contributed by atoms with E-state index in [0.29, 0.717) is 5.69 Å². The quantitative estimate of drug-likeness (QED) is 0.325. The molecular formula is C30H24N4OS. The lowest BCUT2D eigenvalue weighted by molar-refractivity contribution is -0.117. The summed E-state index contributed by atoms with van der Waals surface area (Å²) in [5.41, 5.74) is 4.29. The summed E-state index contributed by atoms with van der Waals surface area (Å²) in [6.07, 6.45) is 9.50. The van der Waals surface area contributed by atoms with E-state index in [1.54, 1.807) is 6.20 Å². The van der Waals surface area contributed by atoms with Crippen molar-refractivity contribution in [3.8, 4) is 11.8 Å². The van der Waals surface area contributed by atoms with Gasteiger partial charge in [0, 0.05) is 50.2 Å². The fraction of sp³-hybridized carbons (Fsp3) is 0.233. The van der Waals surface area contributed by atoms with Crippen molar-refractivity contribution in [1.29, 1.82) is 0 Å². The van der Waals surface area contributed by atoms with Crippen LogP contribution in [-0.4, -0.2) is 21.1 Å². The Morgan fingerprint density at radius 1 is 1.00 bits per heavy atom. The van der Waals surface area contributed by atoms with Gasteiger partial charge in [-0.25, -0.2) is 9.97 Å². The van der Waals surface area contributed by atoms with Gasteiger partial charge in [-0.3, -0.25) is 4.79 Å². The highest BCUT2D eigenvalue weighted by Crippen LogP contribution is 2.55. The first-order chi connectivity index (χ1) is 17.7. The number of nitrogens with one attached hydrogen (secondary N) is 2. The Labute approximate surface area is 214 Å². The van der Waals surface area contributed by atoms with Crippen molar-refractivity contribution in [2.45, 2.75) is 47.7 Å². The summed E-state index contributed by atoms with van der Waals surface area (Å²) in [7, 11) is 0. The number of carbonyl (C=O) groups excluding carboxylic acids is 1. The lowest BCUT2D eigenvalue weighted by atomic mass is 9.97. The predicted molar refractivity (Wildman–Crippen MR) is 145 cm³/mol. The number of rotatable bonds is 4. The topological polar surface area (TPSA) is 66.9 Å². The van der Waals surface area contributed by atoms with Crippen molar-refractivity contribution < 1.29 is 4.79 Å². The monoisotopic (exact) mass is 488 g/mol. The van der Waals surface area contributed by atoms with E-state index < -0.39 is 0 Å². The minimum absolute atomic E-state index is 0.123. The third kappa shape index (κ3) is 3.81. The first-order valence-corrected chi connectivity index (χ1v) is 13.3.